The van der Waals surface area contributed by atoms with E-state index in [9.17, 15) is 4.39 Å². The number of piperazine rings is 1. The van der Waals surface area contributed by atoms with Crippen LogP contribution in [0.15, 0.2) is 54.7 Å². The van der Waals surface area contributed by atoms with E-state index in [0.717, 1.165) is 51.5 Å². The summed E-state index contributed by atoms with van der Waals surface area (Å²) in [5.74, 6) is -3.75. The highest BCUT2D eigenvalue weighted by Gasteiger charge is 2.28. The Labute approximate surface area is 203 Å². The molecule has 5 rings (SSSR count). The molecular weight excluding hydrogens is 451 g/mol. The van der Waals surface area contributed by atoms with Crippen molar-refractivity contribution in [3.05, 3.63) is 66.1 Å². The van der Waals surface area contributed by atoms with Gasteiger partial charge in [-0.2, -0.15) is 0 Å². The number of hydrogen-bond donors (Lipinski definition) is 3. The summed E-state index contributed by atoms with van der Waals surface area (Å²) in [6.45, 7) is 7.21. The number of aromatic nitrogens is 1. The number of anilines is 1. The molecule has 3 heterocycles. The maximum Gasteiger partial charge on any atom is 0.414 e. The summed E-state index contributed by atoms with van der Waals surface area (Å²) < 4.78 is 14.1. The summed E-state index contributed by atoms with van der Waals surface area (Å²) >= 11 is 0. The van der Waals surface area contributed by atoms with Gasteiger partial charge < -0.3 is 20.1 Å². The number of fused-ring (bicyclic) bond motifs is 1. The van der Waals surface area contributed by atoms with Crippen molar-refractivity contribution in [2.75, 3.05) is 44.2 Å². The van der Waals surface area contributed by atoms with Crippen LogP contribution in [0.5, 0.6) is 0 Å². The molecule has 8 nitrogen and oxygen atoms in total. The molecule has 0 bridgehead atoms. The van der Waals surface area contributed by atoms with Crippen molar-refractivity contribution in [1.29, 1.82) is 0 Å². The van der Waals surface area contributed by atoms with Crippen molar-refractivity contribution in [3.63, 3.8) is 0 Å². The molecule has 9 heteroatoms. The molecule has 2 aliphatic heterocycles. The standard InChI is InChI=1S/C24H29FN4.C2H2O4/c25-22-6-2-4-8-24(22)29-15-13-28(14-16-29)20-9-11-27(12-10-20)18-19-17-26-23-7-3-1-5-21(19)23;3-1(4)2(5)6/h1-8,17,20,26H,9-16,18H2;(H,3,4)(H,5,6). The molecule has 35 heavy (non-hydrogen) atoms. The molecule has 3 aromatic rings. The van der Waals surface area contributed by atoms with Crippen LogP contribution >= 0.6 is 0 Å². The first-order valence-electron chi connectivity index (χ1n) is 11.9. The molecule has 0 saturated carbocycles. The number of likely N-dealkylation sites (tertiary alicyclic amines) is 1. The zero-order chi connectivity index (χ0) is 24.8. The van der Waals surface area contributed by atoms with E-state index in [-0.39, 0.29) is 5.82 Å². The minimum absolute atomic E-state index is 0.105. The van der Waals surface area contributed by atoms with Gasteiger partial charge in [0.2, 0.25) is 0 Å². The number of carbonyl (C=O) groups is 2. The van der Waals surface area contributed by atoms with Gasteiger partial charge in [-0.25, -0.2) is 14.0 Å². The molecule has 1 aromatic heterocycles. The monoisotopic (exact) mass is 482 g/mol. The van der Waals surface area contributed by atoms with Crippen molar-refractivity contribution < 1.29 is 24.2 Å². The molecule has 0 amide bonds. The minimum Gasteiger partial charge on any atom is -0.473 e. The third-order valence-electron chi connectivity index (χ3n) is 6.83. The normalized spacial score (nSPS) is 17.7. The Morgan fingerprint density at radius 2 is 1.51 bits per heavy atom. The van der Waals surface area contributed by atoms with Crippen LogP contribution in [0.3, 0.4) is 0 Å². The lowest BCUT2D eigenvalue weighted by Crippen LogP contribution is -2.53. The van der Waals surface area contributed by atoms with Gasteiger partial charge in [0, 0.05) is 55.9 Å². The number of halogens is 1. The Hall–Kier alpha value is -3.43. The quantitative estimate of drug-likeness (QED) is 0.491. The molecule has 2 saturated heterocycles. The van der Waals surface area contributed by atoms with E-state index >= 15 is 0 Å². The van der Waals surface area contributed by atoms with Crippen LogP contribution < -0.4 is 4.90 Å². The Morgan fingerprint density at radius 3 is 2.17 bits per heavy atom. The van der Waals surface area contributed by atoms with Crippen LogP contribution in [0, 0.1) is 5.82 Å². The van der Waals surface area contributed by atoms with Gasteiger partial charge >= 0.3 is 11.9 Å². The number of nitrogens with one attached hydrogen (secondary N) is 1. The summed E-state index contributed by atoms with van der Waals surface area (Å²) in [4.78, 5) is 29.0. The largest absolute Gasteiger partial charge is 0.473 e. The van der Waals surface area contributed by atoms with E-state index in [4.69, 9.17) is 19.8 Å². The number of H-pyrrole nitrogens is 1. The predicted molar refractivity (Wildman–Crippen MR) is 132 cm³/mol. The summed E-state index contributed by atoms with van der Waals surface area (Å²) in [7, 11) is 0. The van der Waals surface area contributed by atoms with Crippen LogP contribution in [0.2, 0.25) is 0 Å². The Bertz CT molecular complexity index is 1140. The van der Waals surface area contributed by atoms with Gasteiger partial charge in [0.15, 0.2) is 0 Å². The maximum absolute atomic E-state index is 14.1. The van der Waals surface area contributed by atoms with Gasteiger partial charge in [0.1, 0.15) is 5.82 Å². The third-order valence-corrected chi connectivity index (χ3v) is 6.83. The van der Waals surface area contributed by atoms with E-state index < -0.39 is 11.9 Å². The van der Waals surface area contributed by atoms with Gasteiger partial charge in [-0.3, -0.25) is 9.80 Å². The predicted octanol–water partition coefficient (Wildman–Crippen LogP) is 3.25. The van der Waals surface area contributed by atoms with Crippen molar-refractivity contribution >= 4 is 28.5 Å². The van der Waals surface area contributed by atoms with Gasteiger partial charge in [-0.05, 0) is 49.7 Å². The summed E-state index contributed by atoms with van der Waals surface area (Å²) in [5.41, 5.74) is 3.38. The Balaban J connectivity index is 0.000000431. The topological polar surface area (TPSA) is 100 Å². The SMILES string of the molecule is Fc1ccccc1N1CCN(C2CCN(Cc3c[nH]c4ccccc34)CC2)CC1.O=C(O)C(=O)O. The second kappa shape index (κ2) is 11.3. The number of nitrogens with zero attached hydrogens (tertiary/aromatic N) is 3. The van der Waals surface area contributed by atoms with E-state index in [1.807, 2.05) is 12.1 Å². The molecule has 2 aliphatic rings. The Kier molecular flexibility index (Phi) is 7.99. The maximum atomic E-state index is 14.1. The zero-order valence-electron chi connectivity index (χ0n) is 19.6. The number of aliphatic carboxylic acids is 2. The van der Waals surface area contributed by atoms with Crippen LogP contribution in [0.4, 0.5) is 10.1 Å². The number of rotatable bonds is 4. The molecule has 0 aliphatic carbocycles. The lowest BCUT2D eigenvalue weighted by molar-refractivity contribution is -0.159. The lowest BCUT2D eigenvalue weighted by Gasteiger charge is -2.43. The second-order valence-electron chi connectivity index (χ2n) is 8.95. The first-order valence-corrected chi connectivity index (χ1v) is 11.9. The number of para-hydroxylation sites is 2. The van der Waals surface area contributed by atoms with Crippen LogP contribution in [-0.2, 0) is 16.1 Å². The van der Waals surface area contributed by atoms with Crippen molar-refractivity contribution in [2.24, 2.45) is 0 Å². The fraction of sp³-hybridized carbons (Fsp3) is 0.385. The average Bonchev–Trinajstić information content (AvgIpc) is 3.28. The first-order chi connectivity index (χ1) is 16.9. The van der Waals surface area contributed by atoms with Crippen LogP contribution in [0.25, 0.3) is 10.9 Å². The lowest BCUT2D eigenvalue weighted by atomic mass is 10.0. The fourth-order valence-corrected chi connectivity index (χ4v) is 4.98. The molecule has 3 N–H and O–H groups in total. The zero-order valence-corrected chi connectivity index (χ0v) is 19.6. The number of aromatic amines is 1. The Morgan fingerprint density at radius 1 is 0.886 bits per heavy atom. The van der Waals surface area contributed by atoms with Crippen molar-refractivity contribution in [1.82, 2.24) is 14.8 Å². The molecular formula is C26H31FN4O4. The molecule has 2 aromatic carbocycles. The minimum atomic E-state index is -1.82. The first kappa shape index (κ1) is 24.7. The summed E-state index contributed by atoms with van der Waals surface area (Å²) in [6, 6.07) is 16.4. The number of hydrogen-bond acceptors (Lipinski definition) is 5. The number of carboxylic acid groups (broad SMARTS) is 2. The van der Waals surface area contributed by atoms with Crippen LogP contribution in [-0.4, -0.2) is 82.2 Å². The van der Waals surface area contributed by atoms with Crippen LogP contribution in [0.1, 0.15) is 18.4 Å². The van der Waals surface area contributed by atoms with Gasteiger partial charge in [-0.1, -0.05) is 30.3 Å². The van der Waals surface area contributed by atoms with Crippen molar-refractivity contribution in [2.45, 2.75) is 25.4 Å². The van der Waals surface area contributed by atoms with Gasteiger partial charge in [0.25, 0.3) is 0 Å². The van der Waals surface area contributed by atoms with Crippen molar-refractivity contribution in [3.8, 4) is 0 Å². The fourth-order valence-electron chi connectivity index (χ4n) is 4.98. The summed E-state index contributed by atoms with van der Waals surface area (Å²) in [5, 5.41) is 16.1. The molecule has 0 radical (unpaired) electrons. The van der Waals surface area contributed by atoms with E-state index in [1.54, 1.807) is 12.1 Å². The molecule has 0 unspecified atom stereocenters. The van der Waals surface area contributed by atoms with E-state index in [1.165, 1.54) is 29.3 Å². The molecule has 186 valence electrons. The highest BCUT2D eigenvalue weighted by Crippen LogP contribution is 2.25. The number of carboxylic acids is 2. The molecule has 0 atom stereocenters. The van der Waals surface area contributed by atoms with E-state index in [0.29, 0.717) is 6.04 Å². The average molecular weight is 483 g/mol. The number of piperidine rings is 1. The highest BCUT2D eigenvalue weighted by atomic mass is 19.1. The van der Waals surface area contributed by atoms with Gasteiger partial charge in [0.05, 0.1) is 5.69 Å². The highest BCUT2D eigenvalue weighted by molar-refractivity contribution is 6.27. The van der Waals surface area contributed by atoms with Gasteiger partial charge in [-0.15, -0.1) is 0 Å². The smallest absolute Gasteiger partial charge is 0.414 e. The summed E-state index contributed by atoms with van der Waals surface area (Å²) in [6.07, 6.45) is 4.61. The third kappa shape index (κ3) is 6.17. The second-order valence-corrected chi connectivity index (χ2v) is 8.95. The molecule has 2 fully saturated rings. The number of benzene rings is 2. The van der Waals surface area contributed by atoms with E-state index in [2.05, 4.69) is 50.1 Å². The molecule has 0 spiro atoms.